The quantitative estimate of drug-likeness (QED) is 0.659. The maximum absolute atomic E-state index is 12.8. The Bertz CT molecular complexity index is 814. The lowest BCUT2D eigenvalue weighted by Gasteiger charge is -2.29. The summed E-state index contributed by atoms with van der Waals surface area (Å²) >= 11 is 0. The number of carbonyl (C=O) groups excluding carboxylic acids is 2. The number of aryl methyl sites for hydroxylation is 2. The summed E-state index contributed by atoms with van der Waals surface area (Å²) in [5.74, 6) is 0.939. The molecule has 2 aromatic heterocycles. The van der Waals surface area contributed by atoms with Crippen LogP contribution in [0.1, 0.15) is 69.8 Å². The van der Waals surface area contributed by atoms with Gasteiger partial charge in [0.1, 0.15) is 12.2 Å². The van der Waals surface area contributed by atoms with E-state index in [2.05, 4.69) is 25.7 Å². The van der Waals surface area contributed by atoms with Gasteiger partial charge in [0.15, 0.2) is 0 Å². The summed E-state index contributed by atoms with van der Waals surface area (Å²) in [6.45, 7) is 4.78. The summed E-state index contributed by atoms with van der Waals surface area (Å²) in [4.78, 5) is 33.4. The molecule has 3 rings (SSSR count). The molecule has 8 heteroatoms. The van der Waals surface area contributed by atoms with Gasteiger partial charge in [-0.2, -0.15) is 5.10 Å². The lowest BCUT2D eigenvalue weighted by molar-refractivity contribution is -0.127. The maximum Gasteiger partial charge on any atom is 0.223 e. The second-order valence-corrected chi connectivity index (χ2v) is 7.88. The molecule has 0 aliphatic heterocycles. The summed E-state index contributed by atoms with van der Waals surface area (Å²) in [7, 11) is 0. The molecular weight excluding hydrogens is 380 g/mol. The second kappa shape index (κ2) is 10.8. The normalized spacial score (nSPS) is 19.8. The first kappa shape index (κ1) is 21.9. The van der Waals surface area contributed by atoms with Crippen LogP contribution < -0.4 is 10.6 Å². The number of hydrogen-bond acceptors (Lipinski definition) is 5. The zero-order valence-electron chi connectivity index (χ0n) is 17.9. The second-order valence-electron chi connectivity index (χ2n) is 7.88. The van der Waals surface area contributed by atoms with Gasteiger partial charge < -0.3 is 10.6 Å². The van der Waals surface area contributed by atoms with E-state index in [0.717, 1.165) is 50.0 Å². The van der Waals surface area contributed by atoms with Crippen molar-refractivity contribution < 1.29 is 9.59 Å². The summed E-state index contributed by atoms with van der Waals surface area (Å²) < 4.78 is 1.83. The third-order valence-electron chi connectivity index (χ3n) is 5.81. The van der Waals surface area contributed by atoms with E-state index in [4.69, 9.17) is 0 Å². The van der Waals surface area contributed by atoms with E-state index >= 15 is 0 Å². The fourth-order valence-corrected chi connectivity index (χ4v) is 4.03. The van der Waals surface area contributed by atoms with E-state index in [1.165, 1.54) is 6.33 Å². The van der Waals surface area contributed by atoms with Gasteiger partial charge in [0.05, 0.1) is 6.04 Å². The Labute approximate surface area is 177 Å². The van der Waals surface area contributed by atoms with Crippen molar-refractivity contribution in [3.8, 4) is 0 Å². The molecule has 2 N–H and O–H groups in total. The first-order valence-corrected chi connectivity index (χ1v) is 11.0. The van der Waals surface area contributed by atoms with E-state index in [9.17, 15) is 9.59 Å². The van der Waals surface area contributed by atoms with Crippen molar-refractivity contribution in [2.75, 3.05) is 0 Å². The Balaban J connectivity index is 1.42. The smallest absolute Gasteiger partial charge is 0.223 e. The number of amides is 2. The van der Waals surface area contributed by atoms with Crippen LogP contribution >= 0.6 is 0 Å². The first-order valence-electron chi connectivity index (χ1n) is 11.0. The van der Waals surface area contributed by atoms with Crippen LogP contribution in [-0.2, 0) is 22.6 Å². The maximum atomic E-state index is 12.8. The zero-order chi connectivity index (χ0) is 21.3. The van der Waals surface area contributed by atoms with Crippen molar-refractivity contribution in [1.29, 1.82) is 0 Å². The summed E-state index contributed by atoms with van der Waals surface area (Å²) in [5, 5.41) is 10.5. The molecule has 162 valence electrons. The number of hydrogen-bond donors (Lipinski definition) is 2. The van der Waals surface area contributed by atoms with E-state index in [1.807, 2.05) is 30.7 Å². The van der Waals surface area contributed by atoms with Crippen LogP contribution in [0, 0.1) is 5.92 Å². The highest BCUT2D eigenvalue weighted by molar-refractivity contribution is 5.79. The minimum absolute atomic E-state index is 0.0133. The Morgan fingerprint density at radius 1 is 1.23 bits per heavy atom. The topological polar surface area (TPSA) is 102 Å². The molecule has 2 aromatic rings. The van der Waals surface area contributed by atoms with E-state index in [-0.39, 0.29) is 29.8 Å². The van der Waals surface area contributed by atoms with Gasteiger partial charge in [0.25, 0.3) is 0 Å². The molecule has 1 saturated carbocycles. The Morgan fingerprint density at radius 2 is 2.03 bits per heavy atom. The molecule has 1 unspecified atom stereocenters. The van der Waals surface area contributed by atoms with Crippen molar-refractivity contribution in [2.24, 2.45) is 5.92 Å². The molecule has 0 radical (unpaired) electrons. The van der Waals surface area contributed by atoms with Crippen LogP contribution in [0.15, 0.2) is 30.9 Å². The predicted octanol–water partition coefficient (Wildman–Crippen LogP) is 2.57. The number of nitrogens with zero attached hydrogens (tertiary/aromatic N) is 4. The lowest BCUT2D eigenvalue weighted by Crippen LogP contribution is -2.42. The average Bonchev–Trinajstić information content (AvgIpc) is 3.26. The lowest BCUT2D eigenvalue weighted by atomic mass is 9.85. The summed E-state index contributed by atoms with van der Waals surface area (Å²) in [6, 6.07) is 3.90. The molecular formula is C22H32N6O2. The van der Waals surface area contributed by atoms with E-state index in [1.54, 1.807) is 12.4 Å². The molecule has 8 nitrogen and oxygen atoms in total. The summed E-state index contributed by atoms with van der Waals surface area (Å²) in [5.41, 5.74) is 1.07. The van der Waals surface area contributed by atoms with Gasteiger partial charge >= 0.3 is 0 Å². The van der Waals surface area contributed by atoms with Crippen molar-refractivity contribution in [2.45, 2.75) is 77.4 Å². The molecule has 30 heavy (non-hydrogen) atoms. The third kappa shape index (κ3) is 5.87. The predicted molar refractivity (Wildman–Crippen MR) is 113 cm³/mol. The molecule has 1 fully saturated rings. The Kier molecular flexibility index (Phi) is 7.93. The minimum Gasteiger partial charge on any atom is -0.353 e. The molecule has 2 amide bonds. The van der Waals surface area contributed by atoms with E-state index in [0.29, 0.717) is 12.8 Å². The number of aromatic nitrogens is 4. The average molecular weight is 413 g/mol. The van der Waals surface area contributed by atoms with Crippen molar-refractivity contribution in [1.82, 2.24) is 30.4 Å². The minimum atomic E-state index is -0.121. The molecule has 1 aliphatic rings. The largest absolute Gasteiger partial charge is 0.353 e. The van der Waals surface area contributed by atoms with Crippen LogP contribution in [0.25, 0.3) is 0 Å². The SMILES string of the molecule is CCC(NC(=O)C1CCC(NC(=O)CCc2cccnc2)CC1)c1ncnn1CC. The number of pyridine rings is 1. The Hall–Kier alpha value is -2.77. The van der Waals surface area contributed by atoms with Gasteiger partial charge in [-0.25, -0.2) is 9.67 Å². The molecule has 0 bridgehead atoms. The number of nitrogens with one attached hydrogen (secondary N) is 2. The highest BCUT2D eigenvalue weighted by Crippen LogP contribution is 2.26. The van der Waals surface area contributed by atoms with Crippen LogP contribution in [0.5, 0.6) is 0 Å². The van der Waals surface area contributed by atoms with Gasteiger partial charge in [-0.05, 0) is 57.1 Å². The van der Waals surface area contributed by atoms with Crippen LogP contribution in [0.4, 0.5) is 0 Å². The standard InChI is InChI=1S/C22H32N6O2/c1-3-19(21-24-15-25-28(21)4-2)27-22(30)17-8-10-18(11-9-17)26-20(29)12-7-16-6-5-13-23-14-16/h5-6,13-15,17-19H,3-4,7-12H2,1-2H3,(H,26,29)(H,27,30). The van der Waals surface area contributed by atoms with Crippen LogP contribution in [0.2, 0.25) is 0 Å². The molecule has 0 saturated heterocycles. The van der Waals surface area contributed by atoms with Crippen molar-refractivity contribution >= 4 is 11.8 Å². The fourth-order valence-electron chi connectivity index (χ4n) is 4.03. The monoisotopic (exact) mass is 412 g/mol. The number of carbonyl (C=O) groups is 2. The highest BCUT2D eigenvalue weighted by atomic mass is 16.2. The van der Waals surface area contributed by atoms with Crippen LogP contribution in [-0.4, -0.2) is 37.6 Å². The first-order chi connectivity index (χ1) is 14.6. The fraction of sp³-hybridized carbons (Fsp3) is 0.591. The van der Waals surface area contributed by atoms with Gasteiger partial charge in [-0.1, -0.05) is 13.0 Å². The molecule has 1 atom stereocenters. The third-order valence-corrected chi connectivity index (χ3v) is 5.81. The van der Waals surface area contributed by atoms with E-state index < -0.39 is 0 Å². The van der Waals surface area contributed by atoms with Gasteiger partial charge in [0, 0.05) is 37.3 Å². The molecule has 0 spiro atoms. The van der Waals surface area contributed by atoms with Crippen LogP contribution in [0.3, 0.4) is 0 Å². The number of rotatable bonds is 9. The molecule has 0 aromatic carbocycles. The Morgan fingerprint density at radius 3 is 2.70 bits per heavy atom. The van der Waals surface area contributed by atoms with Gasteiger partial charge in [-0.3, -0.25) is 14.6 Å². The highest BCUT2D eigenvalue weighted by Gasteiger charge is 2.29. The molecule has 2 heterocycles. The molecule has 1 aliphatic carbocycles. The summed E-state index contributed by atoms with van der Waals surface area (Å²) in [6.07, 6.45) is 10.2. The van der Waals surface area contributed by atoms with Crippen molar-refractivity contribution in [3.63, 3.8) is 0 Å². The zero-order valence-corrected chi connectivity index (χ0v) is 17.9. The van der Waals surface area contributed by atoms with Crippen molar-refractivity contribution in [3.05, 3.63) is 42.2 Å². The van der Waals surface area contributed by atoms with Gasteiger partial charge in [-0.15, -0.1) is 0 Å². The van der Waals surface area contributed by atoms with Gasteiger partial charge in [0.2, 0.25) is 11.8 Å².